The second-order valence-corrected chi connectivity index (χ2v) is 2.86. The van der Waals surface area contributed by atoms with Crippen molar-refractivity contribution < 1.29 is 15.8 Å². The van der Waals surface area contributed by atoms with Crippen molar-refractivity contribution in [3.8, 4) is 0 Å². The molecule has 0 aliphatic rings. The zero-order chi connectivity index (χ0) is 5.91. The Hall–Kier alpha value is 0.676. The molecule has 8 heavy (non-hydrogen) atoms. The molecular weight excluding hydrogens is 140 g/mol. The van der Waals surface area contributed by atoms with Crippen LogP contribution in [0.3, 0.4) is 0 Å². The average molecular weight is 150 g/mol. The monoisotopic (exact) mass is 150 g/mol. The van der Waals surface area contributed by atoms with Gasteiger partial charge >= 0.3 is 23.1 Å². The van der Waals surface area contributed by atoms with Crippen LogP contribution in [-0.2, 0) is 10.1 Å². The molecule has 0 unspecified atom stereocenters. The maximum Gasteiger partial charge on any atom is 2.00 e. The second kappa shape index (κ2) is 4.55. The minimum absolute atomic E-state index is 0. The van der Waals surface area contributed by atoms with Crippen molar-refractivity contribution in [3.05, 3.63) is 0 Å². The van der Waals surface area contributed by atoms with Crippen molar-refractivity contribution in [1.29, 1.82) is 0 Å². The summed E-state index contributed by atoms with van der Waals surface area (Å²) >= 11 is 0. The molecule has 0 saturated heterocycles. The summed E-state index contributed by atoms with van der Waals surface area (Å²) in [5.41, 5.74) is 0. The van der Waals surface area contributed by atoms with Crippen LogP contribution in [0.2, 0.25) is 0 Å². The Morgan fingerprint density at radius 1 is 1.62 bits per heavy atom. The van der Waals surface area contributed by atoms with Gasteiger partial charge in [-0.1, -0.05) is 6.92 Å². The van der Waals surface area contributed by atoms with Gasteiger partial charge in [-0.25, -0.2) is 0 Å². The van der Waals surface area contributed by atoms with Crippen molar-refractivity contribution in [1.82, 2.24) is 0 Å². The Labute approximate surface area is 68.3 Å². The Morgan fingerprint density at radius 3 is 2.00 bits per heavy atom. The second-order valence-electron chi connectivity index (χ2n) is 1.29. The number of rotatable bonds is 2. The van der Waals surface area contributed by atoms with Crippen molar-refractivity contribution >= 4 is 33.2 Å². The molecule has 0 rings (SSSR count). The Kier molecular flexibility index (Phi) is 6.52. The predicted molar refractivity (Wildman–Crippen MR) is 34.7 cm³/mol. The van der Waals surface area contributed by atoms with Gasteiger partial charge in [0, 0.05) is 0 Å². The summed E-state index contributed by atoms with van der Waals surface area (Å²) < 4.78 is 27.6. The summed E-state index contributed by atoms with van der Waals surface area (Å²) in [6.07, 6.45) is 0.471. The maximum absolute atomic E-state index is 9.79. The van der Waals surface area contributed by atoms with Crippen molar-refractivity contribution in [3.63, 3.8) is 0 Å². The molecule has 0 aromatic rings. The van der Waals surface area contributed by atoms with E-state index in [1.807, 2.05) is 0 Å². The summed E-state index contributed by atoms with van der Waals surface area (Å²) in [4.78, 5) is 0. The zero-order valence-corrected chi connectivity index (χ0v) is 7.02. The molecule has 0 spiro atoms. The Morgan fingerprint density at radius 2 is 2.00 bits per heavy atom. The van der Waals surface area contributed by atoms with E-state index in [1.54, 1.807) is 6.92 Å². The van der Waals surface area contributed by atoms with Gasteiger partial charge < -0.3 is 2.85 Å². The van der Waals surface area contributed by atoms with Crippen LogP contribution in [0.4, 0.5) is 0 Å². The van der Waals surface area contributed by atoms with Crippen LogP contribution in [0.1, 0.15) is 16.2 Å². The molecule has 0 aliphatic heterocycles. The molecule has 0 heterocycles. The first kappa shape index (κ1) is 11.5. The van der Waals surface area contributed by atoms with Crippen LogP contribution in [-0.4, -0.2) is 41.8 Å². The predicted octanol–water partition coefficient (Wildman–Crippen LogP) is 0.128. The van der Waals surface area contributed by atoms with E-state index in [1.165, 1.54) is 0 Å². The molecular formula is C3H10MgO3S. The average Bonchev–Trinajstić information content (AvgIpc) is 1.30. The molecule has 3 nitrogen and oxygen atoms in total. The van der Waals surface area contributed by atoms with Crippen molar-refractivity contribution in [2.24, 2.45) is 0 Å². The molecule has 48 valence electrons. The van der Waals surface area contributed by atoms with Crippen LogP contribution < -0.4 is 0 Å². The van der Waals surface area contributed by atoms with E-state index < -0.39 is 10.1 Å². The van der Waals surface area contributed by atoms with E-state index in [4.69, 9.17) is 4.55 Å². The van der Waals surface area contributed by atoms with Crippen LogP contribution in [0, 0.1) is 0 Å². The van der Waals surface area contributed by atoms with Gasteiger partial charge in [-0.15, -0.1) is 0 Å². The molecule has 0 bridgehead atoms. The topological polar surface area (TPSA) is 54.4 Å². The summed E-state index contributed by atoms with van der Waals surface area (Å²) in [5, 5.41) is 0. The fraction of sp³-hybridized carbons (Fsp3) is 1.00. The standard InChI is InChI=1S/C3H8O3S.Mg.2H/c1-2-3-7(4,5)6;;;/h2-3H2,1H3,(H,4,5,6);;;/q;+2;2*-1. The molecule has 0 saturated carbocycles. The molecule has 0 aromatic carbocycles. The van der Waals surface area contributed by atoms with Crippen LogP contribution >= 0.6 is 0 Å². The number of hydrogen-bond donors (Lipinski definition) is 1. The van der Waals surface area contributed by atoms with Gasteiger partial charge in [0.25, 0.3) is 10.1 Å². The van der Waals surface area contributed by atoms with Gasteiger partial charge in [0.2, 0.25) is 0 Å². The summed E-state index contributed by atoms with van der Waals surface area (Å²) in [6.45, 7) is 1.69. The molecule has 0 aliphatic carbocycles. The van der Waals surface area contributed by atoms with E-state index in [-0.39, 0.29) is 31.7 Å². The van der Waals surface area contributed by atoms with E-state index in [0.29, 0.717) is 6.42 Å². The van der Waals surface area contributed by atoms with E-state index in [0.717, 1.165) is 0 Å². The Balaban J connectivity index is -0.0000000600. The molecule has 0 amide bonds. The van der Waals surface area contributed by atoms with Crippen LogP contribution in [0.25, 0.3) is 0 Å². The van der Waals surface area contributed by atoms with E-state index in [2.05, 4.69) is 0 Å². The molecule has 0 aromatic heterocycles. The normalized spacial score (nSPS) is 10.2. The third kappa shape index (κ3) is 9.84. The third-order valence-corrected chi connectivity index (χ3v) is 1.39. The van der Waals surface area contributed by atoms with E-state index in [9.17, 15) is 8.42 Å². The first-order valence-electron chi connectivity index (χ1n) is 2.01. The zero-order valence-electron chi connectivity index (χ0n) is 6.79. The van der Waals surface area contributed by atoms with Crippen molar-refractivity contribution in [2.45, 2.75) is 13.3 Å². The largest absolute Gasteiger partial charge is 2.00 e. The summed E-state index contributed by atoms with van der Waals surface area (Å²) in [7, 11) is -3.67. The molecule has 0 fully saturated rings. The molecule has 5 heteroatoms. The van der Waals surface area contributed by atoms with Crippen molar-refractivity contribution in [2.75, 3.05) is 5.75 Å². The first-order valence-corrected chi connectivity index (χ1v) is 3.62. The molecule has 0 radical (unpaired) electrons. The van der Waals surface area contributed by atoms with Gasteiger partial charge in [0.1, 0.15) is 0 Å². The van der Waals surface area contributed by atoms with Gasteiger partial charge in [-0.2, -0.15) is 8.42 Å². The van der Waals surface area contributed by atoms with Gasteiger partial charge in [0.15, 0.2) is 0 Å². The fourth-order valence-corrected chi connectivity index (χ4v) is 0.774. The summed E-state index contributed by atoms with van der Waals surface area (Å²) in [6, 6.07) is 0. The van der Waals surface area contributed by atoms with Gasteiger partial charge in [-0.3, -0.25) is 4.55 Å². The molecule has 1 N–H and O–H groups in total. The van der Waals surface area contributed by atoms with Crippen LogP contribution in [0.15, 0.2) is 0 Å². The number of hydrogen-bond acceptors (Lipinski definition) is 2. The summed E-state index contributed by atoms with van der Waals surface area (Å²) in [5.74, 6) is -0.132. The van der Waals surface area contributed by atoms with E-state index >= 15 is 0 Å². The van der Waals surface area contributed by atoms with Gasteiger partial charge in [0.05, 0.1) is 5.75 Å². The smallest absolute Gasteiger partial charge is 1.00 e. The molecule has 0 atom stereocenters. The quantitative estimate of drug-likeness (QED) is 0.450. The minimum Gasteiger partial charge on any atom is -1.00 e. The third-order valence-electron chi connectivity index (χ3n) is 0.462. The van der Waals surface area contributed by atoms with Gasteiger partial charge in [-0.05, 0) is 6.42 Å². The first-order chi connectivity index (χ1) is 3.06. The SMILES string of the molecule is CCCS(=O)(=O)O.[H-].[H-].[Mg+2]. The fourth-order valence-electron chi connectivity index (χ4n) is 0.258. The Bertz CT molecular complexity index is 135. The minimum atomic E-state index is -3.67. The van der Waals surface area contributed by atoms with Crippen LogP contribution in [0.5, 0.6) is 0 Å². The maximum atomic E-state index is 9.79.